The molecule has 1 aliphatic carbocycles. The van der Waals surface area contributed by atoms with Gasteiger partial charge in [-0.05, 0) is 48.9 Å². The predicted molar refractivity (Wildman–Crippen MR) is 65.6 cm³/mol. The molecule has 94 valence electrons. The molecule has 1 heterocycles. The Labute approximate surface area is 106 Å². The van der Waals surface area contributed by atoms with Crippen LogP contribution in [0.1, 0.15) is 37.3 Å². The van der Waals surface area contributed by atoms with Crippen LogP contribution in [-0.4, -0.2) is 12.9 Å². The molecule has 1 aromatic carbocycles. The van der Waals surface area contributed by atoms with E-state index < -0.39 is 0 Å². The van der Waals surface area contributed by atoms with Gasteiger partial charge in [0.15, 0.2) is 11.5 Å². The summed E-state index contributed by atoms with van der Waals surface area (Å²) in [6.07, 6.45) is 5.55. The molecule has 3 rings (SSSR count). The maximum atomic E-state index is 10.7. The molecule has 4 nitrogen and oxygen atoms in total. The molecule has 2 aliphatic rings. The van der Waals surface area contributed by atoms with Gasteiger partial charge in [0.25, 0.3) is 0 Å². The minimum atomic E-state index is -0.367. The second kappa shape index (κ2) is 4.14. The van der Waals surface area contributed by atoms with Gasteiger partial charge in [0, 0.05) is 0 Å². The molecule has 0 atom stereocenters. The molecule has 1 saturated carbocycles. The van der Waals surface area contributed by atoms with E-state index in [1.807, 2.05) is 12.1 Å². The van der Waals surface area contributed by atoms with Crippen molar-refractivity contribution >= 4 is 6.08 Å². The normalized spacial score (nSPS) is 18.9. The van der Waals surface area contributed by atoms with Crippen molar-refractivity contribution in [2.24, 2.45) is 4.99 Å². The van der Waals surface area contributed by atoms with Crippen molar-refractivity contribution in [3.05, 3.63) is 23.3 Å². The number of nitrogens with zero attached hydrogens (tertiary/aromatic N) is 1. The van der Waals surface area contributed by atoms with Crippen molar-refractivity contribution < 1.29 is 14.3 Å². The second-order valence-electron chi connectivity index (χ2n) is 4.80. The lowest BCUT2D eigenvalue weighted by Crippen LogP contribution is -2.33. The van der Waals surface area contributed by atoms with Crippen LogP contribution in [-0.2, 0) is 16.8 Å². The van der Waals surface area contributed by atoms with Gasteiger partial charge in [0.1, 0.15) is 0 Å². The molecule has 0 amide bonds. The van der Waals surface area contributed by atoms with Gasteiger partial charge in [0.2, 0.25) is 12.9 Å². The van der Waals surface area contributed by atoms with Crippen LogP contribution < -0.4 is 9.47 Å². The van der Waals surface area contributed by atoms with Crippen molar-refractivity contribution in [1.82, 2.24) is 0 Å². The molecular weight excluding hydrogens is 230 g/mol. The molecule has 0 aromatic heterocycles. The smallest absolute Gasteiger partial charge is 0.235 e. The molecule has 0 radical (unpaired) electrons. The maximum Gasteiger partial charge on any atom is 0.235 e. The van der Waals surface area contributed by atoms with Crippen LogP contribution in [0.3, 0.4) is 0 Å². The number of rotatable bonds is 3. The quantitative estimate of drug-likeness (QED) is 0.607. The van der Waals surface area contributed by atoms with E-state index in [1.165, 1.54) is 5.56 Å². The van der Waals surface area contributed by atoms with Gasteiger partial charge in [-0.25, -0.2) is 4.79 Å². The number of hydrogen-bond donors (Lipinski definition) is 0. The van der Waals surface area contributed by atoms with E-state index >= 15 is 0 Å². The van der Waals surface area contributed by atoms with Gasteiger partial charge in [-0.15, -0.1) is 0 Å². The Morgan fingerprint density at radius 2 is 2.06 bits per heavy atom. The highest BCUT2D eigenvalue weighted by atomic mass is 16.7. The van der Waals surface area contributed by atoms with E-state index in [-0.39, 0.29) is 12.3 Å². The Morgan fingerprint density at radius 3 is 2.61 bits per heavy atom. The third kappa shape index (κ3) is 1.53. The summed E-state index contributed by atoms with van der Waals surface area (Å²) in [5, 5.41) is 0. The van der Waals surface area contributed by atoms with Crippen LogP contribution in [0.4, 0.5) is 0 Å². The lowest BCUT2D eigenvalue weighted by atomic mass is 9.70. The fourth-order valence-electron chi connectivity index (χ4n) is 2.75. The van der Waals surface area contributed by atoms with E-state index in [4.69, 9.17) is 9.47 Å². The summed E-state index contributed by atoms with van der Waals surface area (Å²) >= 11 is 0. The zero-order chi connectivity index (χ0) is 12.6. The van der Waals surface area contributed by atoms with Crippen LogP contribution in [0.5, 0.6) is 11.5 Å². The number of fused-ring (bicyclic) bond motifs is 1. The Hall–Kier alpha value is -1.80. The average Bonchev–Trinajstić information content (AvgIpc) is 2.79. The standard InChI is InChI=1S/C14H15NO3/c1-2-10-6-12-13(18-9-17-12)7-11(10)14(15-8-16)4-3-5-14/h6-7H,2-5,9H2,1H3. The number of aliphatic imine (C=N–C) groups is 1. The van der Waals surface area contributed by atoms with Crippen molar-refractivity contribution in [3.63, 3.8) is 0 Å². The number of ether oxygens (including phenoxy) is 2. The third-order valence-corrected chi connectivity index (χ3v) is 3.92. The highest BCUT2D eigenvalue weighted by Gasteiger charge is 2.41. The van der Waals surface area contributed by atoms with Crippen molar-refractivity contribution in [3.8, 4) is 11.5 Å². The third-order valence-electron chi connectivity index (χ3n) is 3.92. The first-order chi connectivity index (χ1) is 8.79. The van der Waals surface area contributed by atoms with Gasteiger partial charge in [-0.2, -0.15) is 4.99 Å². The highest BCUT2D eigenvalue weighted by Crippen LogP contribution is 2.49. The van der Waals surface area contributed by atoms with Crippen LogP contribution >= 0.6 is 0 Å². The zero-order valence-corrected chi connectivity index (χ0v) is 10.4. The van der Waals surface area contributed by atoms with E-state index in [0.29, 0.717) is 0 Å². The number of carbonyl (C=O) groups excluding carboxylic acids is 1. The van der Waals surface area contributed by atoms with Crippen LogP contribution in [0.15, 0.2) is 17.1 Å². The molecule has 18 heavy (non-hydrogen) atoms. The molecule has 0 spiro atoms. The average molecular weight is 245 g/mol. The van der Waals surface area contributed by atoms with E-state index in [2.05, 4.69) is 11.9 Å². The van der Waals surface area contributed by atoms with Gasteiger partial charge < -0.3 is 9.47 Å². The SMILES string of the molecule is CCc1cc2c(cc1C1(N=C=O)CCC1)OCO2. The number of hydrogen-bond acceptors (Lipinski definition) is 4. The monoisotopic (exact) mass is 245 g/mol. The Kier molecular flexibility index (Phi) is 2.60. The van der Waals surface area contributed by atoms with E-state index in [9.17, 15) is 4.79 Å². The van der Waals surface area contributed by atoms with E-state index in [0.717, 1.165) is 42.7 Å². The second-order valence-corrected chi connectivity index (χ2v) is 4.80. The highest BCUT2D eigenvalue weighted by molar-refractivity contribution is 5.52. The molecule has 1 aliphatic heterocycles. The summed E-state index contributed by atoms with van der Waals surface area (Å²) < 4.78 is 10.8. The number of isocyanates is 1. The lowest BCUT2D eigenvalue weighted by Gasteiger charge is -2.38. The Morgan fingerprint density at radius 1 is 1.33 bits per heavy atom. The molecule has 0 N–H and O–H groups in total. The number of benzene rings is 1. The fraction of sp³-hybridized carbons (Fsp3) is 0.500. The minimum Gasteiger partial charge on any atom is -0.454 e. The van der Waals surface area contributed by atoms with Crippen molar-refractivity contribution in [2.45, 2.75) is 38.1 Å². The molecule has 4 heteroatoms. The van der Waals surface area contributed by atoms with Gasteiger partial charge in [-0.3, -0.25) is 0 Å². The van der Waals surface area contributed by atoms with Gasteiger partial charge in [-0.1, -0.05) is 6.92 Å². The van der Waals surface area contributed by atoms with Crippen LogP contribution in [0, 0.1) is 0 Å². The van der Waals surface area contributed by atoms with Gasteiger partial charge in [0.05, 0.1) is 5.54 Å². The van der Waals surface area contributed by atoms with Crippen molar-refractivity contribution in [1.29, 1.82) is 0 Å². The maximum absolute atomic E-state index is 10.7. The molecule has 1 aromatic rings. The van der Waals surface area contributed by atoms with E-state index in [1.54, 1.807) is 6.08 Å². The van der Waals surface area contributed by atoms with Crippen molar-refractivity contribution in [2.75, 3.05) is 6.79 Å². The summed E-state index contributed by atoms with van der Waals surface area (Å²) in [4.78, 5) is 14.7. The van der Waals surface area contributed by atoms with Crippen LogP contribution in [0.25, 0.3) is 0 Å². The summed E-state index contributed by atoms with van der Waals surface area (Å²) in [5.74, 6) is 1.55. The predicted octanol–water partition coefficient (Wildman–Crippen LogP) is 2.69. The van der Waals surface area contributed by atoms with Crippen LogP contribution in [0.2, 0.25) is 0 Å². The summed E-state index contributed by atoms with van der Waals surface area (Å²) in [7, 11) is 0. The molecule has 1 fully saturated rings. The molecular formula is C14H15NO3. The number of aryl methyl sites for hydroxylation is 1. The molecule has 0 bridgehead atoms. The molecule has 0 unspecified atom stereocenters. The Bertz CT molecular complexity index is 528. The first-order valence-corrected chi connectivity index (χ1v) is 6.31. The minimum absolute atomic E-state index is 0.270. The summed E-state index contributed by atoms with van der Waals surface area (Å²) in [5.41, 5.74) is 1.91. The first kappa shape index (κ1) is 11.3. The fourth-order valence-corrected chi connectivity index (χ4v) is 2.75. The zero-order valence-electron chi connectivity index (χ0n) is 10.4. The van der Waals surface area contributed by atoms with Gasteiger partial charge >= 0.3 is 0 Å². The largest absolute Gasteiger partial charge is 0.454 e. The summed E-state index contributed by atoms with van der Waals surface area (Å²) in [6.45, 7) is 2.36. The first-order valence-electron chi connectivity index (χ1n) is 6.31. The summed E-state index contributed by atoms with van der Waals surface area (Å²) in [6, 6.07) is 4.00. The topological polar surface area (TPSA) is 47.9 Å². The Balaban J connectivity index is 2.13. The molecule has 0 saturated heterocycles. The lowest BCUT2D eigenvalue weighted by molar-refractivity contribution is 0.173.